The monoisotopic (exact) mass is 323 g/mol. The molecule has 1 heterocycles. The zero-order valence-corrected chi connectivity index (χ0v) is 14.8. The van der Waals surface area contributed by atoms with E-state index in [1.807, 2.05) is 0 Å². The van der Waals surface area contributed by atoms with Gasteiger partial charge in [0.2, 0.25) is 5.91 Å². The summed E-state index contributed by atoms with van der Waals surface area (Å²) in [7, 11) is 0. The maximum absolute atomic E-state index is 13.7. The van der Waals surface area contributed by atoms with Crippen molar-refractivity contribution in [3.05, 3.63) is 35.4 Å². The van der Waals surface area contributed by atoms with Crippen LogP contribution in [0, 0.1) is 30.1 Å². The molecule has 1 amide bonds. The van der Waals surface area contributed by atoms with Gasteiger partial charge in [0.25, 0.3) is 0 Å². The van der Waals surface area contributed by atoms with E-state index >= 15 is 0 Å². The number of carbonyl (C=O) groups excluding carboxylic acids is 1. The largest absolute Gasteiger partial charge is 0.335 e. The Labute approximate surface area is 145 Å². The fraction of sp³-hybridized carbons (Fsp3) is 0.682. The quantitative estimate of drug-likeness (QED) is 0.760. The van der Waals surface area contributed by atoms with E-state index in [2.05, 4.69) is 36.1 Å². The van der Waals surface area contributed by atoms with Gasteiger partial charge in [0.15, 0.2) is 0 Å². The van der Waals surface area contributed by atoms with Gasteiger partial charge in [0, 0.05) is 6.54 Å². The Morgan fingerprint density at radius 3 is 2.29 bits per heavy atom. The number of benzene rings is 1. The number of carbonyl (C=O) groups is 1. The molecule has 128 valence electrons. The summed E-state index contributed by atoms with van der Waals surface area (Å²) in [5.41, 5.74) is 2.74. The summed E-state index contributed by atoms with van der Waals surface area (Å²) in [5, 5.41) is 0. The molecule has 1 atom stereocenters. The maximum Gasteiger partial charge on any atom is 0.229 e. The molecule has 5 aliphatic rings. The van der Waals surface area contributed by atoms with Crippen molar-refractivity contribution in [2.24, 2.45) is 23.2 Å². The molecule has 4 saturated carbocycles. The highest BCUT2D eigenvalue weighted by Gasteiger charge is 2.56. The van der Waals surface area contributed by atoms with E-state index < -0.39 is 0 Å². The van der Waals surface area contributed by atoms with Crippen molar-refractivity contribution in [3.8, 4) is 0 Å². The predicted molar refractivity (Wildman–Crippen MR) is 95.5 cm³/mol. The second kappa shape index (κ2) is 5.34. The molecular formula is C22H29NO. The van der Waals surface area contributed by atoms with E-state index in [-0.39, 0.29) is 5.41 Å². The van der Waals surface area contributed by atoms with Gasteiger partial charge in [-0.3, -0.25) is 4.79 Å². The Bertz CT molecular complexity index is 628. The predicted octanol–water partition coefficient (Wildman–Crippen LogP) is 4.87. The number of likely N-dealkylation sites (tertiary alicyclic amines) is 1. The molecule has 0 N–H and O–H groups in total. The molecule has 2 heteroatoms. The van der Waals surface area contributed by atoms with Crippen LogP contribution in [0.2, 0.25) is 0 Å². The van der Waals surface area contributed by atoms with Crippen LogP contribution in [0.3, 0.4) is 0 Å². The van der Waals surface area contributed by atoms with Crippen LogP contribution in [-0.2, 0) is 4.79 Å². The van der Waals surface area contributed by atoms with Crippen LogP contribution in [0.15, 0.2) is 24.3 Å². The number of hydrogen-bond acceptors (Lipinski definition) is 1. The number of aryl methyl sites for hydroxylation is 1. The molecule has 0 aromatic heterocycles. The molecule has 1 aliphatic heterocycles. The van der Waals surface area contributed by atoms with E-state index in [0.717, 1.165) is 37.1 Å². The van der Waals surface area contributed by atoms with Gasteiger partial charge >= 0.3 is 0 Å². The molecule has 0 unspecified atom stereocenters. The number of nitrogens with zero attached hydrogens (tertiary/aromatic N) is 1. The summed E-state index contributed by atoms with van der Waals surface area (Å²) in [6.07, 6.45) is 10.1. The van der Waals surface area contributed by atoms with Gasteiger partial charge in [0.1, 0.15) is 0 Å². The average Bonchev–Trinajstić information content (AvgIpc) is 3.02. The lowest BCUT2D eigenvalue weighted by Gasteiger charge is -2.56. The van der Waals surface area contributed by atoms with Crippen LogP contribution in [0.1, 0.15) is 68.5 Å². The molecule has 4 bridgehead atoms. The molecule has 1 saturated heterocycles. The molecule has 5 fully saturated rings. The summed E-state index contributed by atoms with van der Waals surface area (Å²) in [4.78, 5) is 16.0. The van der Waals surface area contributed by atoms with Crippen molar-refractivity contribution in [1.29, 1.82) is 0 Å². The Morgan fingerprint density at radius 2 is 1.67 bits per heavy atom. The Hall–Kier alpha value is -1.31. The zero-order chi connectivity index (χ0) is 16.3. The van der Waals surface area contributed by atoms with Gasteiger partial charge in [-0.2, -0.15) is 0 Å². The first-order valence-corrected chi connectivity index (χ1v) is 10.0. The van der Waals surface area contributed by atoms with E-state index in [1.165, 1.54) is 49.7 Å². The van der Waals surface area contributed by atoms with Crippen molar-refractivity contribution < 1.29 is 4.79 Å². The molecular weight excluding hydrogens is 294 g/mol. The molecule has 0 spiro atoms. The molecule has 0 radical (unpaired) electrons. The first-order valence-electron chi connectivity index (χ1n) is 10.0. The molecule has 1 aromatic rings. The summed E-state index contributed by atoms with van der Waals surface area (Å²) < 4.78 is 0. The van der Waals surface area contributed by atoms with Gasteiger partial charge in [0.05, 0.1) is 11.5 Å². The maximum atomic E-state index is 13.7. The van der Waals surface area contributed by atoms with Crippen molar-refractivity contribution in [1.82, 2.24) is 4.90 Å². The fourth-order valence-electron chi connectivity index (χ4n) is 6.97. The minimum atomic E-state index is 0.0139. The number of amides is 1. The third-order valence-electron chi connectivity index (χ3n) is 7.55. The molecule has 2 nitrogen and oxygen atoms in total. The third kappa shape index (κ3) is 2.18. The SMILES string of the molecule is Cc1ccccc1[C@H]1CCCN1C(=O)C12CC3CC(CC(C3)C1)C2. The average molecular weight is 323 g/mol. The fourth-order valence-corrected chi connectivity index (χ4v) is 6.97. The van der Waals surface area contributed by atoms with E-state index in [9.17, 15) is 4.79 Å². The Morgan fingerprint density at radius 1 is 1.04 bits per heavy atom. The van der Waals surface area contributed by atoms with Crippen LogP contribution in [0.5, 0.6) is 0 Å². The second-order valence-electron chi connectivity index (χ2n) is 9.21. The lowest BCUT2D eigenvalue weighted by molar-refractivity contribution is -0.158. The highest BCUT2D eigenvalue weighted by Crippen LogP contribution is 2.61. The number of hydrogen-bond donors (Lipinski definition) is 0. The highest BCUT2D eigenvalue weighted by atomic mass is 16.2. The van der Waals surface area contributed by atoms with E-state index in [4.69, 9.17) is 0 Å². The topological polar surface area (TPSA) is 20.3 Å². The second-order valence-corrected chi connectivity index (χ2v) is 9.21. The normalized spacial score (nSPS) is 40.3. The Balaban J connectivity index is 1.45. The Kier molecular flexibility index (Phi) is 3.34. The summed E-state index contributed by atoms with van der Waals surface area (Å²) in [6.45, 7) is 3.17. The van der Waals surface area contributed by atoms with Crippen molar-refractivity contribution >= 4 is 5.91 Å². The van der Waals surface area contributed by atoms with Crippen LogP contribution in [0.4, 0.5) is 0 Å². The first kappa shape index (κ1) is 15.0. The van der Waals surface area contributed by atoms with Crippen molar-refractivity contribution in [3.63, 3.8) is 0 Å². The van der Waals surface area contributed by atoms with E-state index in [0.29, 0.717) is 11.9 Å². The van der Waals surface area contributed by atoms with Gasteiger partial charge in [-0.25, -0.2) is 0 Å². The van der Waals surface area contributed by atoms with Gasteiger partial charge < -0.3 is 4.90 Å². The lowest BCUT2D eigenvalue weighted by atomic mass is 9.49. The van der Waals surface area contributed by atoms with Gasteiger partial charge in [-0.1, -0.05) is 24.3 Å². The summed E-state index contributed by atoms with van der Waals surface area (Å²) in [5.74, 6) is 3.06. The van der Waals surface area contributed by atoms with Crippen LogP contribution >= 0.6 is 0 Å². The minimum Gasteiger partial charge on any atom is -0.335 e. The van der Waals surface area contributed by atoms with Gasteiger partial charge in [-0.05, 0) is 87.2 Å². The standard InChI is InChI=1S/C22H29NO/c1-15-5-2-3-6-19(15)20-7-4-8-23(20)21(24)22-12-16-9-17(13-22)11-18(10-16)14-22/h2-3,5-6,16-18,20H,4,7-14H2,1H3/t16?,17?,18?,20-,22?/m1/s1. The summed E-state index contributed by atoms with van der Waals surface area (Å²) >= 11 is 0. The smallest absolute Gasteiger partial charge is 0.229 e. The van der Waals surface area contributed by atoms with Crippen LogP contribution in [0.25, 0.3) is 0 Å². The molecule has 4 aliphatic carbocycles. The van der Waals surface area contributed by atoms with Crippen LogP contribution in [-0.4, -0.2) is 17.4 Å². The molecule has 24 heavy (non-hydrogen) atoms. The minimum absolute atomic E-state index is 0.0139. The zero-order valence-electron chi connectivity index (χ0n) is 14.8. The lowest BCUT2D eigenvalue weighted by Crippen LogP contribution is -2.54. The molecule has 6 rings (SSSR count). The summed E-state index contributed by atoms with van der Waals surface area (Å²) in [6, 6.07) is 9.01. The van der Waals surface area contributed by atoms with E-state index in [1.54, 1.807) is 0 Å². The number of rotatable bonds is 2. The van der Waals surface area contributed by atoms with Crippen molar-refractivity contribution in [2.75, 3.05) is 6.54 Å². The highest BCUT2D eigenvalue weighted by molar-refractivity contribution is 5.84. The van der Waals surface area contributed by atoms with Gasteiger partial charge in [-0.15, -0.1) is 0 Å². The molecule has 1 aromatic carbocycles. The first-order chi connectivity index (χ1) is 11.6. The van der Waals surface area contributed by atoms with Crippen molar-refractivity contribution in [2.45, 2.75) is 64.3 Å². The van der Waals surface area contributed by atoms with Crippen LogP contribution < -0.4 is 0 Å². The third-order valence-corrected chi connectivity index (χ3v) is 7.55.